The SMILES string of the molecule is COC(=O)C#CCCc1ccc(-c2cc(OC(C)C)ccc2F)cc1. The molecule has 0 unspecified atom stereocenters. The van der Waals surface area contributed by atoms with Gasteiger partial charge in [0.1, 0.15) is 11.6 Å². The Morgan fingerprint density at radius 3 is 2.52 bits per heavy atom. The summed E-state index contributed by atoms with van der Waals surface area (Å²) < 4.78 is 24.2. The van der Waals surface area contributed by atoms with E-state index in [1.807, 2.05) is 38.1 Å². The summed E-state index contributed by atoms with van der Waals surface area (Å²) in [7, 11) is 1.30. The molecule has 0 saturated heterocycles. The molecule has 0 aliphatic carbocycles. The molecule has 0 radical (unpaired) electrons. The Labute approximate surface area is 147 Å². The Morgan fingerprint density at radius 1 is 1.16 bits per heavy atom. The van der Waals surface area contributed by atoms with Crippen molar-refractivity contribution in [3.63, 3.8) is 0 Å². The van der Waals surface area contributed by atoms with Gasteiger partial charge in [-0.25, -0.2) is 9.18 Å². The number of methoxy groups -OCH3 is 1. The van der Waals surface area contributed by atoms with Gasteiger partial charge in [-0.3, -0.25) is 0 Å². The molecule has 0 saturated carbocycles. The fourth-order valence-electron chi connectivity index (χ4n) is 2.31. The quantitative estimate of drug-likeness (QED) is 0.460. The van der Waals surface area contributed by atoms with Gasteiger partial charge in [-0.05, 0) is 49.6 Å². The van der Waals surface area contributed by atoms with Crippen molar-refractivity contribution >= 4 is 5.97 Å². The first-order valence-corrected chi connectivity index (χ1v) is 8.12. The number of hydrogen-bond donors (Lipinski definition) is 0. The van der Waals surface area contributed by atoms with Crippen LogP contribution in [0.4, 0.5) is 4.39 Å². The van der Waals surface area contributed by atoms with E-state index < -0.39 is 5.97 Å². The van der Waals surface area contributed by atoms with Crippen LogP contribution in [0.2, 0.25) is 0 Å². The van der Waals surface area contributed by atoms with Crippen molar-refractivity contribution in [1.29, 1.82) is 0 Å². The summed E-state index contributed by atoms with van der Waals surface area (Å²) in [4.78, 5) is 10.9. The summed E-state index contributed by atoms with van der Waals surface area (Å²) >= 11 is 0. The fourth-order valence-corrected chi connectivity index (χ4v) is 2.31. The second-order valence-electron chi connectivity index (χ2n) is 5.80. The van der Waals surface area contributed by atoms with Crippen molar-refractivity contribution in [2.24, 2.45) is 0 Å². The van der Waals surface area contributed by atoms with Gasteiger partial charge in [0.25, 0.3) is 0 Å². The van der Waals surface area contributed by atoms with Crippen molar-refractivity contribution in [3.05, 3.63) is 53.8 Å². The zero-order valence-corrected chi connectivity index (χ0v) is 14.6. The van der Waals surface area contributed by atoms with Crippen molar-refractivity contribution < 1.29 is 18.7 Å². The molecule has 0 bridgehead atoms. The van der Waals surface area contributed by atoms with E-state index in [4.69, 9.17) is 4.74 Å². The Bertz CT molecular complexity index is 783. The van der Waals surface area contributed by atoms with Crippen LogP contribution in [-0.4, -0.2) is 19.2 Å². The summed E-state index contributed by atoms with van der Waals surface area (Å²) in [5.41, 5.74) is 2.36. The molecule has 3 nitrogen and oxygen atoms in total. The second-order valence-corrected chi connectivity index (χ2v) is 5.80. The molecule has 0 N–H and O–H groups in total. The monoisotopic (exact) mass is 340 g/mol. The van der Waals surface area contributed by atoms with Crippen LogP contribution in [0.25, 0.3) is 11.1 Å². The van der Waals surface area contributed by atoms with Gasteiger partial charge in [-0.2, -0.15) is 0 Å². The molecular formula is C21H21FO3. The number of halogens is 1. The topological polar surface area (TPSA) is 35.5 Å². The molecular weight excluding hydrogens is 319 g/mol. The van der Waals surface area contributed by atoms with Crippen molar-refractivity contribution in [1.82, 2.24) is 0 Å². The first kappa shape index (κ1) is 18.5. The zero-order valence-electron chi connectivity index (χ0n) is 14.6. The van der Waals surface area contributed by atoms with Crippen molar-refractivity contribution in [3.8, 4) is 28.7 Å². The average Bonchev–Trinajstić information content (AvgIpc) is 2.60. The van der Waals surface area contributed by atoms with Crippen LogP contribution >= 0.6 is 0 Å². The zero-order chi connectivity index (χ0) is 18.2. The van der Waals surface area contributed by atoms with Crippen LogP contribution in [0.1, 0.15) is 25.8 Å². The first-order valence-electron chi connectivity index (χ1n) is 8.12. The smallest absolute Gasteiger partial charge is 0.384 e. The van der Waals surface area contributed by atoms with E-state index in [1.165, 1.54) is 13.2 Å². The molecule has 2 aromatic carbocycles. The minimum atomic E-state index is -0.533. The highest BCUT2D eigenvalue weighted by atomic mass is 19.1. The fraction of sp³-hybridized carbons (Fsp3) is 0.286. The van der Waals surface area contributed by atoms with E-state index in [0.29, 0.717) is 24.2 Å². The van der Waals surface area contributed by atoms with E-state index in [1.54, 1.807) is 12.1 Å². The standard InChI is InChI=1S/C21H21FO3/c1-15(2)25-18-12-13-20(22)19(14-18)17-10-8-16(9-11-17)6-4-5-7-21(23)24-3/h8-15H,4,6H2,1-3H3. The maximum Gasteiger partial charge on any atom is 0.384 e. The number of carbonyl (C=O) groups is 1. The molecule has 130 valence electrons. The minimum Gasteiger partial charge on any atom is -0.491 e. The predicted octanol–water partition coefficient (Wildman–Crippen LogP) is 4.39. The molecule has 0 atom stereocenters. The second kappa shape index (κ2) is 8.89. The lowest BCUT2D eigenvalue weighted by Gasteiger charge is -2.12. The number of ether oxygens (including phenoxy) is 2. The van der Waals surface area contributed by atoms with Crippen LogP contribution in [0.3, 0.4) is 0 Å². The molecule has 0 spiro atoms. The maximum atomic E-state index is 14.1. The van der Waals surface area contributed by atoms with Crippen molar-refractivity contribution in [2.75, 3.05) is 7.11 Å². The van der Waals surface area contributed by atoms with Gasteiger partial charge in [0, 0.05) is 17.9 Å². The molecule has 0 heterocycles. The molecule has 0 aliphatic rings. The molecule has 0 aliphatic heterocycles. The number of esters is 1. The van der Waals surface area contributed by atoms with Crippen LogP contribution in [-0.2, 0) is 16.0 Å². The molecule has 0 amide bonds. The van der Waals surface area contributed by atoms with Crippen molar-refractivity contribution in [2.45, 2.75) is 32.8 Å². The Morgan fingerprint density at radius 2 is 1.88 bits per heavy atom. The molecule has 2 rings (SSSR count). The van der Waals surface area contributed by atoms with Crippen LogP contribution < -0.4 is 4.74 Å². The molecule has 4 heteroatoms. The Kier molecular flexibility index (Phi) is 6.59. The van der Waals surface area contributed by atoms with Gasteiger partial charge < -0.3 is 9.47 Å². The van der Waals surface area contributed by atoms with Crippen LogP contribution in [0, 0.1) is 17.7 Å². The predicted molar refractivity (Wildman–Crippen MR) is 95.7 cm³/mol. The highest BCUT2D eigenvalue weighted by Crippen LogP contribution is 2.28. The van der Waals surface area contributed by atoms with Gasteiger partial charge >= 0.3 is 5.97 Å². The van der Waals surface area contributed by atoms with Gasteiger partial charge in [0.15, 0.2) is 0 Å². The number of benzene rings is 2. The minimum absolute atomic E-state index is 0.0341. The lowest BCUT2D eigenvalue weighted by molar-refractivity contribution is -0.133. The van der Waals surface area contributed by atoms with E-state index >= 15 is 0 Å². The third-order valence-corrected chi connectivity index (χ3v) is 3.49. The summed E-state index contributed by atoms with van der Waals surface area (Å²) in [6.07, 6.45) is 1.30. The summed E-state index contributed by atoms with van der Waals surface area (Å²) in [6.45, 7) is 3.86. The van der Waals surface area contributed by atoms with E-state index in [2.05, 4.69) is 16.6 Å². The molecule has 2 aromatic rings. The summed E-state index contributed by atoms with van der Waals surface area (Å²) in [6, 6.07) is 12.4. The van der Waals surface area contributed by atoms with E-state index in [9.17, 15) is 9.18 Å². The number of hydrogen-bond acceptors (Lipinski definition) is 3. The molecule has 25 heavy (non-hydrogen) atoms. The highest BCUT2D eigenvalue weighted by Gasteiger charge is 2.08. The lowest BCUT2D eigenvalue weighted by atomic mass is 10.0. The van der Waals surface area contributed by atoms with Gasteiger partial charge in [0.05, 0.1) is 13.2 Å². The lowest BCUT2D eigenvalue weighted by Crippen LogP contribution is -2.05. The third-order valence-electron chi connectivity index (χ3n) is 3.49. The summed E-state index contributed by atoms with van der Waals surface area (Å²) in [5, 5.41) is 0. The Hall–Kier alpha value is -2.80. The number of aryl methyl sites for hydroxylation is 1. The Balaban J connectivity index is 2.09. The highest BCUT2D eigenvalue weighted by molar-refractivity contribution is 5.88. The normalized spacial score (nSPS) is 10.1. The summed E-state index contributed by atoms with van der Waals surface area (Å²) in [5.74, 6) is 4.99. The first-order chi connectivity index (χ1) is 12.0. The van der Waals surface area contributed by atoms with Crippen LogP contribution in [0.15, 0.2) is 42.5 Å². The van der Waals surface area contributed by atoms with E-state index in [0.717, 1.165) is 11.1 Å². The van der Waals surface area contributed by atoms with E-state index in [-0.39, 0.29) is 11.9 Å². The van der Waals surface area contributed by atoms with Crippen LogP contribution in [0.5, 0.6) is 5.75 Å². The number of rotatable bonds is 5. The maximum absolute atomic E-state index is 14.1. The average molecular weight is 340 g/mol. The largest absolute Gasteiger partial charge is 0.491 e. The molecule has 0 aromatic heterocycles. The van der Waals surface area contributed by atoms with Gasteiger partial charge in [-0.1, -0.05) is 30.2 Å². The third kappa shape index (κ3) is 5.65. The number of carbonyl (C=O) groups excluding carboxylic acids is 1. The van der Waals surface area contributed by atoms with Gasteiger partial charge in [0.2, 0.25) is 0 Å². The molecule has 0 fully saturated rings. The van der Waals surface area contributed by atoms with Gasteiger partial charge in [-0.15, -0.1) is 0 Å².